The minimum Gasteiger partial charge on any atom is -0.384 e. The molecule has 4 nitrogen and oxygen atoms in total. The molecule has 1 aromatic rings. The first kappa shape index (κ1) is 17.6. The molecule has 1 atom stereocenters. The maximum atomic E-state index is 9.89. The molecule has 0 unspecified atom stereocenters. The second-order valence-electron chi connectivity index (χ2n) is 6.95. The van der Waals surface area contributed by atoms with Gasteiger partial charge in [0.2, 0.25) is 0 Å². The van der Waals surface area contributed by atoms with Crippen LogP contribution in [-0.4, -0.2) is 31.1 Å². The summed E-state index contributed by atoms with van der Waals surface area (Å²) in [5, 5.41) is 13.2. The number of nitrogens with one attached hydrogen (secondary N) is 1. The Morgan fingerprint density at radius 3 is 2.52 bits per heavy atom. The van der Waals surface area contributed by atoms with E-state index in [2.05, 4.69) is 53.5 Å². The predicted octanol–water partition coefficient (Wildman–Crippen LogP) is 3.26. The van der Waals surface area contributed by atoms with Crippen LogP contribution in [0.3, 0.4) is 0 Å². The number of rotatable bonds is 4. The highest BCUT2D eigenvalue weighted by atomic mass is 15.2. The van der Waals surface area contributed by atoms with Crippen LogP contribution in [0.4, 0.5) is 0 Å². The van der Waals surface area contributed by atoms with Crippen molar-refractivity contribution in [3.63, 3.8) is 0 Å². The molecule has 3 N–H and O–H groups in total. The van der Waals surface area contributed by atoms with Gasteiger partial charge in [0.25, 0.3) is 0 Å². The van der Waals surface area contributed by atoms with Crippen LogP contribution in [0.15, 0.2) is 52.9 Å². The Labute approximate surface area is 151 Å². The summed E-state index contributed by atoms with van der Waals surface area (Å²) in [5.74, 6) is 0.995. The van der Waals surface area contributed by atoms with Gasteiger partial charge >= 0.3 is 0 Å². The van der Waals surface area contributed by atoms with Gasteiger partial charge in [0.1, 0.15) is 11.9 Å². The van der Waals surface area contributed by atoms with Crippen LogP contribution < -0.4 is 11.1 Å². The van der Waals surface area contributed by atoms with E-state index in [1.54, 1.807) is 0 Å². The molecule has 0 bridgehead atoms. The van der Waals surface area contributed by atoms with Crippen LogP contribution in [-0.2, 0) is 0 Å². The zero-order chi connectivity index (χ0) is 17.6. The third kappa shape index (κ3) is 3.88. The zero-order valence-electron chi connectivity index (χ0n) is 15.1. The van der Waals surface area contributed by atoms with Crippen molar-refractivity contribution in [2.75, 3.05) is 26.2 Å². The Kier molecular flexibility index (Phi) is 5.78. The van der Waals surface area contributed by atoms with Gasteiger partial charge in [-0.2, -0.15) is 5.26 Å². The number of hydrogen-bond acceptors (Lipinski definition) is 4. The summed E-state index contributed by atoms with van der Waals surface area (Å²) in [7, 11) is 0. The largest absolute Gasteiger partial charge is 0.384 e. The smallest absolute Gasteiger partial charge is 0.117 e. The molecule has 3 rings (SSSR count). The Hall–Kier alpha value is -2.25. The molecule has 1 fully saturated rings. The van der Waals surface area contributed by atoms with Gasteiger partial charge in [-0.3, -0.25) is 0 Å². The van der Waals surface area contributed by atoms with E-state index < -0.39 is 0 Å². The average Bonchev–Trinajstić information content (AvgIpc) is 2.69. The third-order valence-corrected chi connectivity index (χ3v) is 5.46. The van der Waals surface area contributed by atoms with Crippen molar-refractivity contribution in [2.24, 2.45) is 5.73 Å². The quantitative estimate of drug-likeness (QED) is 0.828. The van der Waals surface area contributed by atoms with Gasteiger partial charge in [-0.05, 0) is 36.8 Å². The number of nitrogens with zero attached hydrogens (tertiary/aromatic N) is 2. The number of nitrogens with two attached hydrogens (primary N) is 1. The maximum absolute atomic E-state index is 9.89. The summed E-state index contributed by atoms with van der Waals surface area (Å²) in [6.45, 7) is 5.84. The van der Waals surface area contributed by atoms with E-state index in [1.165, 1.54) is 23.1 Å². The molecule has 0 radical (unpaired) electrons. The SMILES string of the molecule is C[C@H](C1=C(/C(C#N)=C(\N)N2CCNCC2)CCCC1)c1ccccc1. The molecule has 0 amide bonds. The Morgan fingerprint density at radius 2 is 1.84 bits per heavy atom. The van der Waals surface area contributed by atoms with Crippen LogP contribution >= 0.6 is 0 Å². The van der Waals surface area contributed by atoms with Crippen molar-refractivity contribution in [3.05, 3.63) is 58.4 Å². The molecule has 132 valence electrons. The molecule has 25 heavy (non-hydrogen) atoms. The minimum absolute atomic E-state index is 0.329. The minimum atomic E-state index is 0.329. The van der Waals surface area contributed by atoms with Crippen molar-refractivity contribution >= 4 is 0 Å². The third-order valence-electron chi connectivity index (χ3n) is 5.46. The number of hydrogen-bond donors (Lipinski definition) is 2. The van der Waals surface area contributed by atoms with Crippen molar-refractivity contribution in [3.8, 4) is 6.07 Å². The highest BCUT2D eigenvalue weighted by Crippen LogP contribution is 2.38. The Morgan fingerprint density at radius 1 is 1.16 bits per heavy atom. The number of nitriles is 1. The lowest BCUT2D eigenvalue weighted by molar-refractivity contribution is 0.294. The van der Waals surface area contributed by atoms with Crippen LogP contribution in [0.1, 0.15) is 44.1 Å². The topological polar surface area (TPSA) is 65.1 Å². The lowest BCUT2D eigenvalue weighted by Crippen LogP contribution is -2.45. The van der Waals surface area contributed by atoms with E-state index in [4.69, 9.17) is 5.73 Å². The fourth-order valence-corrected chi connectivity index (χ4v) is 3.98. The summed E-state index contributed by atoms with van der Waals surface area (Å²) in [4.78, 5) is 2.15. The lowest BCUT2D eigenvalue weighted by atomic mass is 9.79. The summed E-state index contributed by atoms with van der Waals surface area (Å²) >= 11 is 0. The van der Waals surface area contributed by atoms with Gasteiger partial charge in [0, 0.05) is 32.1 Å². The molecule has 2 aliphatic rings. The van der Waals surface area contributed by atoms with Gasteiger partial charge in [0.05, 0.1) is 5.57 Å². The molecular formula is C21H28N4. The first-order chi connectivity index (χ1) is 12.2. The molecule has 1 aliphatic carbocycles. The van der Waals surface area contributed by atoms with E-state index in [9.17, 15) is 5.26 Å². The second kappa shape index (κ2) is 8.22. The normalized spacial score (nSPS) is 20.7. The van der Waals surface area contributed by atoms with Crippen molar-refractivity contribution in [1.29, 1.82) is 5.26 Å². The number of allylic oxidation sites excluding steroid dienone is 3. The zero-order valence-corrected chi connectivity index (χ0v) is 15.1. The molecular weight excluding hydrogens is 308 g/mol. The van der Waals surface area contributed by atoms with Gasteiger partial charge < -0.3 is 16.0 Å². The lowest BCUT2D eigenvalue weighted by Gasteiger charge is -2.32. The predicted molar refractivity (Wildman–Crippen MR) is 102 cm³/mol. The van der Waals surface area contributed by atoms with Crippen LogP contribution in [0.25, 0.3) is 0 Å². The first-order valence-electron chi connectivity index (χ1n) is 9.35. The fraction of sp³-hybridized carbons (Fsp3) is 0.476. The van der Waals surface area contributed by atoms with Crippen molar-refractivity contribution < 1.29 is 0 Å². The van der Waals surface area contributed by atoms with E-state index in [-0.39, 0.29) is 0 Å². The maximum Gasteiger partial charge on any atom is 0.117 e. The molecule has 1 heterocycles. The monoisotopic (exact) mass is 336 g/mol. The summed E-state index contributed by atoms with van der Waals surface area (Å²) in [6, 6.07) is 13.0. The standard InChI is InChI=1S/C21H28N4/c1-16(17-7-3-2-4-8-17)18-9-5-6-10-19(18)20(15-22)21(23)25-13-11-24-12-14-25/h2-4,7-8,16,24H,5-6,9-14,23H2,1H3/b21-20+/t16-/m0/s1. The van der Waals surface area contributed by atoms with Gasteiger partial charge in [-0.15, -0.1) is 0 Å². The van der Waals surface area contributed by atoms with E-state index in [1.807, 2.05) is 0 Å². The fourth-order valence-electron chi connectivity index (χ4n) is 3.98. The molecule has 0 saturated carbocycles. The summed E-state index contributed by atoms with van der Waals surface area (Å²) < 4.78 is 0. The van der Waals surface area contributed by atoms with Gasteiger partial charge in [-0.1, -0.05) is 42.8 Å². The molecule has 1 aliphatic heterocycles. The molecule has 0 aromatic heterocycles. The first-order valence-corrected chi connectivity index (χ1v) is 9.35. The van der Waals surface area contributed by atoms with Crippen LogP contribution in [0.2, 0.25) is 0 Å². The summed E-state index contributed by atoms with van der Waals surface area (Å²) in [6.07, 6.45) is 4.36. The Bertz CT molecular complexity index is 690. The second-order valence-corrected chi connectivity index (χ2v) is 6.95. The van der Waals surface area contributed by atoms with Gasteiger partial charge in [-0.25, -0.2) is 0 Å². The molecule has 1 saturated heterocycles. The van der Waals surface area contributed by atoms with Crippen LogP contribution in [0, 0.1) is 11.3 Å². The molecule has 0 spiro atoms. The van der Waals surface area contributed by atoms with E-state index >= 15 is 0 Å². The Balaban J connectivity index is 2.00. The number of benzene rings is 1. The highest BCUT2D eigenvalue weighted by molar-refractivity contribution is 5.50. The number of piperazine rings is 1. The highest BCUT2D eigenvalue weighted by Gasteiger charge is 2.25. The summed E-state index contributed by atoms with van der Waals surface area (Å²) in [5.41, 5.74) is 11.1. The average molecular weight is 336 g/mol. The van der Waals surface area contributed by atoms with Crippen molar-refractivity contribution in [1.82, 2.24) is 10.2 Å². The van der Waals surface area contributed by atoms with Crippen molar-refractivity contribution in [2.45, 2.75) is 38.5 Å². The van der Waals surface area contributed by atoms with Crippen LogP contribution in [0.5, 0.6) is 0 Å². The van der Waals surface area contributed by atoms with Gasteiger partial charge in [0.15, 0.2) is 0 Å². The van der Waals surface area contributed by atoms with E-state index in [0.717, 1.165) is 45.4 Å². The van der Waals surface area contributed by atoms with E-state index in [0.29, 0.717) is 17.3 Å². The molecule has 4 heteroatoms. The molecule has 1 aromatic carbocycles.